The Labute approximate surface area is 205 Å². The number of benzene rings is 4. The van der Waals surface area contributed by atoms with Crippen molar-refractivity contribution in [1.82, 2.24) is 0 Å². The number of ether oxygens (including phenoxy) is 4. The van der Waals surface area contributed by atoms with Crippen LogP contribution in [0.4, 0.5) is 0 Å². The molecule has 0 spiro atoms. The molecular weight excluding hydrogens is 440 g/mol. The summed E-state index contributed by atoms with van der Waals surface area (Å²) in [6.07, 6.45) is 1.03. The molecule has 0 saturated heterocycles. The fourth-order valence-corrected chi connectivity index (χ4v) is 3.67. The maximum absolute atomic E-state index is 12.2. The lowest BCUT2D eigenvalue weighted by molar-refractivity contribution is -0.148. The lowest BCUT2D eigenvalue weighted by Gasteiger charge is -2.20. The van der Waals surface area contributed by atoms with Gasteiger partial charge in [-0.3, -0.25) is 0 Å². The molecular formula is C30H28O5. The molecule has 35 heavy (non-hydrogen) atoms. The van der Waals surface area contributed by atoms with Gasteiger partial charge in [-0.05, 0) is 48.0 Å². The minimum absolute atomic E-state index is 0.114. The standard InChI is InChI=1S/C30H28O5/c1-4-16-32-19-26(35-30(31)21(2)3)20-33-29-27-13-9-8-10-22(27)17-23-14-15-25(18-28(23)29)34-24-11-6-5-7-12-24/h4-15,17-18,26H,1-2,16,19-20H2,3H3. The van der Waals surface area contributed by atoms with Crippen molar-refractivity contribution < 1.29 is 23.7 Å². The summed E-state index contributed by atoms with van der Waals surface area (Å²) in [5.74, 6) is 1.66. The summed E-state index contributed by atoms with van der Waals surface area (Å²) in [4.78, 5) is 12.2. The van der Waals surface area contributed by atoms with E-state index in [0.29, 0.717) is 23.7 Å². The molecule has 4 rings (SSSR count). The lowest BCUT2D eigenvalue weighted by atomic mass is 10.0. The third-order valence-corrected chi connectivity index (χ3v) is 5.34. The van der Waals surface area contributed by atoms with Crippen molar-refractivity contribution in [2.75, 3.05) is 19.8 Å². The Bertz CT molecular complexity index is 1340. The Morgan fingerprint density at radius 2 is 1.63 bits per heavy atom. The van der Waals surface area contributed by atoms with Crippen LogP contribution in [0.1, 0.15) is 6.92 Å². The Kier molecular flexibility index (Phi) is 7.81. The number of carbonyl (C=O) groups is 1. The van der Waals surface area contributed by atoms with Crippen molar-refractivity contribution in [1.29, 1.82) is 0 Å². The predicted molar refractivity (Wildman–Crippen MR) is 139 cm³/mol. The molecule has 0 aliphatic carbocycles. The third kappa shape index (κ3) is 6.08. The van der Waals surface area contributed by atoms with Gasteiger partial charge in [-0.25, -0.2) is 4.79 Å². The molecule has 4 aromatic rings. The van der Waals surface area contributed by atoms with Crippen LogP contribution in [0, 0.1) is 0 Å². The van der Waals surface area contributed by atoms with Gasteiger partial charge in [-0.2, -0.15) is 0 Å². The smallest absolute Gasteiger partial charge is 0.333 e. The third-order valence-electron chi connectivity index (χ3n) is 5.34. The molecule has 0 amide bonds. The average molecular weight is 469 g/mol. The van der Waals surface area contributed by atoms with Crippen molar-refractivity contribution in [3.63, 3.8) is 0 Å². The lowest BCUT2D eigenvalue weighted by Crippen LogP contribution is -2.30. The van der Waals surface area contributed by atoms with Crippen molar-refractivity contribution in [3.8, 4) is 17.2 Å². The molecule has 0 saturated carbocycles. The van der Waals surface area contributed by atoms with Gasteiger partial charge in [0.1, 0.15) is 23.9 Å². The van der Waals surface area contributed by atoms with Gasteiger partial charge in [0, 0.05) is 16.3 Å². The Morgan fingerprint density at radius 3 is 2.40 bits per heavy atom. The van der Waals surface area contributed by atoms with Crippen molar-refractivity contribution >= 4 is 27.5 Å². The number of hydrogen-bond acceptors (Lipinski definition) is 5. The molecule has 0 aromatic heterocycles. The first-order valence-corrected chi connectivity index (χ1v) is 11.4. The molecule has 5 nitrogen and oxygen atoms in total. The van der Waals surface area contributed by atoms with Gasteiger partial charge in [0.25, 0.3) is 0 Å². The van der Waals surface area contributed by atoms with Crippen molar-refractivity contribution in [2.45, 2.75) is 13.0 Å². The SMILES string of the molecule is C=CCOCC(COc1c2ccccc2cc2ccc(Oc3ccccc3)cc12)OC(=O)C(=C)C. The van der Waals surface area contributed by atoms with Gasteiger partial charge in [0.2, 0.25) is 0 Å². The largest absolute Gasteiger partial charge is 0.488 e. The molecule has 0 aliphatic rings. The van der Waals surface area contributed by atoms with Gasteiger partial charge in [-0.1, -0.05) is 61.2 Å². The highest BCUT2D eigenvalue weighted by Crippen LogP contribution is 2.37. The highest BCUT2D eigenvalue weighted by Gasteiger charge is 2.18. The molecule has 0 fully saturated rings. The zero-order valence-electron chi connectivity index (χ0n) is 19.7. The molecule has 0 radical (unpaired) electrons. The summed E-state index contributed by atoms with van der Waals surface area (Å²) in [5.41, 5.74) is 0.317. The van der Waals surface area contributed by atoms with E-state index in [4.69, 9.17) is 18.9 Å². The maximum atomic E-state index is 12.2. The van der Waals surface area contributed by atoms with Crippen LogP contribution in [0.25, 0.3) is 21.5 Å². The van der Waals surface area contributed by atoms with E-state index >= 15 is 0 Å². The molecule has 5 heteroatoms. The second kappa shape index (κ2) is 11.4. The fraction of sp³-hybridized carbons (Fsp3) is 0.167. The first-order chi connectivity index (χ1) is 17.0. The molecule has 1 atom stereocenters. The maximum Gasteiger partial charge on any atom is 0.333 e. The minimum Gasteiger partial charge on any atom is -0.488 e. The quantitative estimate of drug-likeness (QED) is 0.0792. The van der Waals surface area contributed by atoms with Crippen LogP contribution in [-0.4, -0.2) is 31.9 Å². The molecule has 0 N–H and O–H groups in total. The first-order valence-electron chi connectivity index (χ1n) is 11.4. The second-order valence-electron chi connectivity index (χ2n) is 8.17. The Morgan fingerprint density at radius 1 is 0.886 bits per heavy atom. The van der Waals surface area contributed by atoms with E-state index < -0.39 is 12.1 Å². The Hall–Kier alpha value is -4.09. The normalized spacial score (nSPS) is 11.7. The first kappa shape index (κ1) is 24.0. The van der Waals surface area contributed by atoms with Crippen LogP contribution >= 0.6 is 0 Å². The average Bonchev–Trinajstić information content (AvgIpc) is 2.87. The fourth-order valence-electron chi connectivity index (χ4n) is 3.67. The summed E-state index contributed by atoms with van der Waals surface area (Å²) < 4.78 is 23.5. The molecule has 1 unspecified atom stereocenters. The number of hydrogen-bond donors (Lipinski definition) is 0. The summed E-state index contributed by atoms with van der Waals surface area (Å²) >= 11 is 0. The van der Waals surface area contributed by atoms with Crippen LogP contribution < -0.4 is 9.47 Å². The van der Waals surface area contributed by atoms with Crippen LogP contribution in [0.3, 0.4) is 0 Å². The topological polar surface area (TPSA) is 54.0 Å². The summed E-state index contributed by atoms with van der Waals surface area (Å²) in [7, 11) is 0. The van der Waals surface area contributed by atoms with E-state index in [1.54, 1.807) is 13.0 Å². The Balaban J connectivity index is 1.68. The zero-order chi connectivity index (χ0) is 24.6. The minimum atomic E-state index is -0.614. The highest BCUT2D eigenvalue weighted by molar-refractivity contribution is 6.05. The molecule has 4 aromatic carbocycles. The van der Waals surface area contributed by atoms with E-state index in [0.717, 1.165) is 27.3 Å². The number of fused-ring (bicyclic) bond motifs is 2. The highest BCUT2D eigenvalue weighted by atomic mass is 16.6. The monoisotopic (exact) mass is 468 g/mol. The van der Waals surface area contributed by atoms with Gasteiger partial charge < -0.3 is 18.9 Å². The van der Waals surface area contributed by atoms with E-state index in [9.17, 15) is 4.79 Å². The molecule has 0 bridgehead atoms. The molecule has 0 heterocycles. The van der Waals surface area contributed by atoms with Gasteiger partial charge >= 0.3 is 5.97 Å². The summed E-state index contributed by atoms with van der Waals surface area (Å²) in [6.45, 7) is 9.56. The van der Waals surface area contributed by atoms with Crippen molar-refractivity contribution in [2.24, 2.45) is 0 Å². The van der Waals surface area contributed by atoms with Gasteiger partial charge in [0.15, 0.2) is 6.10 Å². The zero-order valence-corrected chi connectivity index (χ0v) is 19.7. The molecule has 178 valence electrons. The van der Waals surface area contributed by atoms with E-state index in [1.807, 2.05) is 72.8 Å². The van der Waals surface area contributed by atoms with Crippen LogP contribution in [-0.2, 0) is 14.3 Å². The van der Waals surface area contributed by atoms with E-state index in [2.05, 4.69) is 19.2 Å². The number of rotatable bonds is 11. The summed E-state index contributed by atoms with van der Waals surface area (Å²) in [6, 6.07) is 25.7. The van der Waals surface area contributed by atoms with E-state index in [-0.39, 0.29) is 13.2 Å². The van der Waals surface area contributed by atoms with Gasteiger partial charge in [0.05, 0.1) is 13.2 Å². The summed E-state index contributed by atoms with van der Waals surface area (Å²) in [5, 5.41) is 3.91. The van der Waals surface area contributed by atoms with Crippen molar-refractivity contribution in [3.05, 3.63) is 104 Å². The predicted octanol–water partition coefficient (Wildman–Crippen LogP) is 6.85. The van der Waals surface area contributed by atoms with Crippen LogP contribution in [0.5, 0.6) is 17.2 Å². The number of para-hydroxylation sites is 1. The molecule has 0 aliphatic heterocycles. The van der Waals surface area contributed by atoms with E-state index in [1.165, 1.54) is 0 Å². The van der Waals surface area contributed by atoms with Gasteiger partial charge in [-0.15, -0.1) is 6.58 Å². The number of esters is 1. The number of carbonyl (C=O) groups excluding carboxylic acids is 1. The van der Waals surface area contributed by atoms with Crippen LogP contribution in [0.2, 0.25) is 0 Å². The van der Waals surface area contributed by atoms with Crippen LogP contribution in [0.15, 0.2) is 104 Å². The second-order valence-corrected chi connectivity index (χ2v) is 8.17.